The van der Waals surface area contributed by atoms with Gasteiger partial charge in [0.1, 0.15) is 5.82 Å². The normalized spacial score (nSPS) is 25.2. The molecule has 0 amide bonds. The van der Waals surface area contributed by atoms with Gasteiger partial charge >= 0.3 is 0 Å². The van der Waals surface area contributed by atoms with Crippen LogP contribution in [0, 0.1) is 0 Å². The lowest BCUT2D eigenvalue weighted by molar-refractivity contribution is -0.0440. The summed E-state index contributed by atoms with van der Waals surface area (Å²) < 4.78 is 32.2. The summed E-state index contributed by atoms with van der Waals surface area (Å²) in [4.78, 5) is 4.29. The van der Waals surface area contributed by atoms with E-state index in [-0.39, 0.29) is 17.1 Å². The molecule has 0 radical (unpaired) electrons. The second-order valence-electron chi connectivity index (χ2n) is 4.71. The Labute approximate surface area is 113 Å². The number of pyridine rings is 1. The Morgan fingerprint density at radius 2 is 2.00 bits per heavy atom. The molecule has 1 saturated heterocycles. The lowest BCUT2D eigenvalue weighted by atomic mass is 10.3. The highest BCUT2D eigenvalue weighted by molar-refractivity contribution is 7.89. The predicted molar refractivity (Wildman–Crippen MR) is 72.6 cm³/mol. The summed E-state index contributed by atoms with van der Waals surface area (Å²) in [5.74, 6) is 0.537. The number of anilines is 1. The monoisotopic (exact) mass is 285 g/mol. The molecule has 1 aliphatic rings. The lowest BCUT2D eigenvalue weighted by Crippen LogP contribution is -2.48. The SMILES string of the molecule is CNc1cc(S(=O)(=O)N2CC(C)OC(C)C2)ccn1. The first-order valence-corrected chi connectivity index (χ1v) is 7.67. The van der Waals surface area contributed by atoms with E-state index in [1.165, 1.54) is 16.6 Å². The molecule has 106 valence electrons. The number of aromatic nitrogens is 1. The first-order valence-electron chi connectivity index (χ1n) is 6.23. The lowest BCUT2D eigenvalue weighted by Gasteiger charge is -2.34. The molecule has 2 heterocycles. The Morgan fingerprint density at radius 1 is 1.37 bits per heavy atom. The molecule has 0 saturated carbocycles. The smallest absolute Gasteiger partial charge is 0.243 e. The van der Waals surface area contributed by atoms with E-state index < -0.39 is 10.0 Å². The first-order chi connectivity index (χ1) is 8.93. The van der Waals surface area contributed by atoms with Crippen molar-refractivity contribution < 1.29 is 13.2 Å². The zero-order valence-corrected chi connectivity index (χ0v) is 12.1. The fourth-order valence-corrected chi connectivity index (χ4v) is 3.79. The van der Waals surface area contributed by atoms with Gasteiger partial charge in [0.05, 0.1) is 17.1 Å². The number of hydrogen-bond donors (Lipinski definition) is 1. The number of rotatable bonds is 3. The third kappa shape index (κ3) is 3.05. The summed E-state index contributed by atoms with van der Waals surface area (Å²) >= 11 is 0. The third-order valence-corrected chi connectivity index (χ3v) is 4.84. The zero-order chi connectivity index (χ0) is 14.0. The van der Waals surface area contributed by atoms with Crippen molar-refractivity contribution in [1.29, 1.82) is 0 Å². The van der Waals surface area contributed by atoms with Crippen LogP contribution in [-0.4, -0.2) is 50.1 Å². The molecule has 7 heteroatoms. The van der Waals surface area contributed by atoms with Gasteiger partial charge in [0.2, 0.25) is 10.0 Å². The van der Waals surface area contributed by atoms with E-state index in [0.717, 1.165) is 0 Å². The molecule has 0 aliphatic carbocycles. The van der Waals surface area contributed by atoms with Crippen molar-refractivity contribution in [2.45, 2.75) is 31.0 Å². The maximum Gasteiger partial charge on any atom is 0.243 e. The van der Waals surface area contributed by atoms with Gasteiger partial charge in [-0.05, 0) is 19.9 Å². The quantitative estimate of drug-likeness (QED) is 0.894. The van der Waals surface area contributed by atoms with Gasteiger partial charge in [-0.1, -0.05) is 0 Å². The molecule has 2 rings (SSSR count). The maximum atomic E-state index is 12.6. The van der Waals surface area contributed by atoms with Crippen molar-refractivity contribution in [3.63, 3.8) is 0 Å². The van der Waals surface area contributed by atoms with Crippen molar-refractivity contribution in [2.75, 3.05) is 25.5 Å². The average Bonchev–Trinajstić information content (AvgIpc) is 2.37. The fourth-order valence-electron chi connectivity index (χ4n) is 2.18. The maximum absolute atomic E-state index is 12.6. The van der Waals surface area contributed by atoms with Gasteiger partial charge in [-0.25, -0.2) is 13.4 Å². The molecule has 1 fully saturated rings. The van der Waals surface area contributed by atoms with Crippen LogP contribution in [-0.2, 0) is 14.8 Å². The van der Waals surface area contributed by atoms with E-state index in [4.69, 9.17) is 4.74 Å². The molecule has 0 spiro atoms. The minimum absolute atomic E-state index is 0.0934. The standard InChI is InChI=1S/C12H19N3O3S/c1-9-7-15(8-10(2)18-9)19(16,17)11-4-5-14-12(6-11)13-3/h4-6,9-10H,7-8H2,1-3H3,(H,13,14). The van der Waals surface area contributed by atoms with Crippen molar-refractivity contribution in [2.24, 2.45) is 0 Å². The van der Waals surface area contributed by atoms with Gasteiger partial charge in [0, 0.05) is 32.4 Å². The van der Waals surface area contributed by atoms with E-state index in [0.29, 0.717) is 18.9 Å². The minimum Gasteiger partial charge on any atom is -0.373 e. The molecule has 19 heavy (non-hydrogen) atoms. The molecular weight excluding hydrogens is 266 g/mol. The molecular formula is C12H19N3O3S. The van der Waals surface area contributed by atoms with Crippen LogP contribution < -0.4 is 5.32 Å². The molecule has 1 N–H and O–H groups in total. The second kappa shape index (κ2) is 5.44. The van der Waals surface area contributed by atoms with E-state index in [1.54, 1.807) is 13.1 Å². The summed E-state index contributed by atoms with van der Waals surface area (Å²) in [5.41, 5.74) is 0. The summed E-state index contributed by atoms with van der Waals surface area (Å²) in [7, 11) is -1.78. The van der Waals surface area contributed by atoms with Crippen LogP contribution in [0.4, 0.5) is 5.82 Å². The van der Waals surface area contributed by atoms with Crippen LogP contribution in [0.5, 0.6) is 0 Å². The van der Waals surface area contributed by atoms with Crippen molar-refractivity contribution in [3.05, 3.63) is 18.3 Å². The molecule has 6 nitrogen and oxygen atoms in total. The topological polar surface area (TPSA) is 71.5 Å². The number of hydrogen-bond acceptors (Lipinski definition) is 5. The summed E-state index contributed by atoms with van der Waals surface area (Å²) in [6, 6.07) is 3.06. The van der Waals surface area contributed by atoms with Gasteiger partial charge in [0.15, 0.2) is 0 Å². The van der Waals surface area contributed by atoms with Gasteiger partial charge in [0.25, 0.3) is 0 Å². The van der Waals surface area contributed by atoms with Crippen LogP contribution >= 0.6 is 0 Å². The molecule has 2 unspecified atom stereocenters. The number of morpholine rings is 1. The first kappa shape index (κ1) is 14.2. The summed E-state index contributed by atoms with van der Waals surface area (Å²) in [6.45, 7) is 4.52. The number of ether oxygens (including phenoxy) is 1. The molecule has 2 atom stereocenters. The number of nitrogens with one attached hydrogen (secondary N) is 1. The predicted octanol–water partition coefficient (Wildman–Crippen LogP) is 0.921. The van der Waals surface area contributed by atoms with E-state index in [9.17, 15) is 8.42 Å². The number of nitrogens with zero attached hydrogens (tertiary/aromatic N) is 2. The van der Waals surface area contributed by atoms with E-state index >= 15 is 0 Å². The molecule has 0 aromatic carbocycles. The fraction of sp³-hybridized carbons (Fsp3) is 0.583. The zero-order valence-electron chi connectivity index (χ0n) is 11.3. The van der Waals surface area contributed by atoms with Gasteiger partial charge < -0.3 is 10.1 Å². The largest absolute Gasteiger partial charge is 0.373 e. The Kier molecular flexibility index (Phi) is 4.07. The van der Waals surface area contributed by atoms with Gasteiger partial charge in [-0.2, -0.15) is 4.31 Å². The van der Waals surface area contributed by atoms with Gasteiger partial charge in [-0.15, -0.1) is 0 Å². The van der Waals surface area contributed by atoms with Crippen LogP contribution in [0.2, 0.25) is 0 Å². The number of sulfonamides is 1. The van der Waals surface area contributed by atoms with E-state index in [2.05, 4.69) is 10.3 Å². The van der Waals surface area contributed by atoms with Crippen LogP contribution in [0.25, 0.3) is 0 Å². The Balaban J connectivity index is 2.30. The Morgan fingerprint density at radius 3 is 2.58 bits per heavy atom. The Bertz CT molecular complexity index is 537. The Hall–Kier alpha value is -1.18. The summed E-state index contributed by atoms with van der Waals surface area (Å²) in [6.07, 6.45) is 1.31. The summed E-state index contributed by atoms with van der Waals surface area (Å²) in [5, 5.41) is 2.84. The highest BCUT2D eigenvalue weighted by Crippen LogP contribution is 2.22. The van der Waals surface area contributed by atoms with Crippen LogP contribution in [0.1, 0.15) is 13.8 Å². The van der Waals surface area contributed by atoms with Crippen molar-refractivity contribution in [1.82, 2.24) is 9.29 Å². The van der Waals surface area contributed by atoms with Gasteiger partial charge in [-0.3, -0.25) is 0 Å². The molecule has 1 aliphatic heterocycles. The molecule has 1 aromatic heterocycles. The van der Waals surface area contributed by atoms with E-state index in [1.807, 2.05) is 13.8 Å². The van der Waals surface area contributed by atoms with Crippen LogP contribution in [0.15, 0.2) is 23.2 Å². The highest BCUT2D eigenvalue weighted by Gasteiger charge is 2.32. The third-order valence-electron chi connectivity index (χ3n) is 3.01. The molecule has 0 bridgehead atoms. The minimum atomic E-state index is -3.49. The van der Waals surface area contributed by atoms with Crippen molar-refractivity contribution >= 4 is 15.8 Å². The second-order valence-corrected chi connectivity index (χ2v) is 6.64. The average molecular weight is 285 g/mol. The molecule has 1 aromatic rings. The van der Waals surface area contributed by atoms with Crippen LogP contribution in [0.3, 0.4) is 0 Å². The highest BCUT2D eigenvalue weighted by atomic mass is 32.2. The van der Waals surface area contributed by atoms with Crippen molar-refractivity contribution in [3.8, 4) is 0 Å².